The van der Waals surface area contributed by atoms with Crippen LogP contribution in [-0.4, -0.2) is 18.5 Å². The molecule has 4 heteroatoms. The average molecular weight is 234 g/mol. The van der Waals surface area contributed by atoms with Crippen molar-refractivity contribution in [2.24, 2.45) is 0 Å². The summed E-state index contributed by atoms with van der Waals surface area (Å²) in [5, 5.41) is 2.50. The summed E-state index contributed by atoms with van der Waals surface area (Å²) in [5.41, 5.74) is 0.0275. The van der Waals surface area contributed by atoms with E-state index in [-0.39, 0.29) is 17.5 Å². The molecule has 15 heavy (non-hydrogen) atoms. The summed E-state index contributed by atoms with van der Waals surface area (Å²) in [5.74, 6) is -2.84. The summed E-state index contributed by atoms with van der Waals surface area (Å²) in [6.07, 6.45) is 0. The predicted octanol–water partition coefficient (Wildman–Crippen LogP) is 3.00. The molecule has 0 spiro atoms. The van der Waals surface area contributed by atoms with E-state index in [4.69, 9.17) is 11.6 Å². The van der Waals surface area contributed by atoms with Gasteiger partial charge in [-0.3, -0.25) is 0 Å². The van der Waals surface area contributed by atoms with E-state index >= 15 is 0 Å². The summed E-state index contributed by atoms with van der Waals surface area (Å²) < 4.78 is 27.0. The van der Waals surface area contributed by atoms with E-state index in [1.807, 2.05) is 0 Å². The molecule has 0 fully saturated rings. The lowest BCUT2D eigenvalue weighted by Crippen LogP contribution is -2.33. The van der Waals surface area contributed by atoms with Gasteiger partial charge in [-0.2, -0.15) is 8.78 Å². The Morgan fingerprint density at radius 2 is 1.93 bits per heavy atom. The number of rotatable bonds is 5. The van der Waals surface area contributed by atoms with Gasteiger partial charge in [0, 0.05) is 17.5 Å². The van der Waals surface area contributed by atoms with Crippen LogP contribution in [0.4, 0.5) is 8.78 Å². The SMILES string of the molecule is CC(Cl)CNCC(F)(F)c1ccccc1. The number of halogens is 3. The predicted molar refractivity (Wildman–Crippen MR) is 58.5 cm³/mol. The number of hydrogen-bond donors (Lipinski definition) is 1. The maximum atomic E-state index is 13.5. The first-order valence-electron chi connectivity index (χ1n) is 4.80. The first-order chi connectivity index (χ1) is 7.02. The maximum absolute atomic E-state index is 13.5. The lowest BCUT2D eigenvalue weighted by atomic mass is 10.1. The minimum atomic E-state index is -2.84. The second kappa shape index (κ2) is 5.42. The molecule has 0 saturated heterocycles. The molecule has 1 N–H and O–H groups in total. The number of hydrogen-bond acceptors (Lipinski definition) is 1. The van der Waals surface area contributed by atoms with Crippen LogP contribution in [0.25, 0.3) is 0 Å². The van der Waals surface area contributed by atoms with Gasteiger partial charge in [-0.1, -0.05) is 30.3 Å². The largest absolute Gasteiger partial charge is 0.309 e. The Labute approximate surface area is 93.4 Å². The Kier molecular flexibility index (Phi) is 4.48. The zero-order chi connectivity index (χ0) is 11.3. The van der Waals surface area contributed by atoms with Crippen LogP contribution in [0, 0.1) is 0 Å². The Morgan fingerprint density at radius 3 is 2.47 bits per heavy atom. The van der Waals surface area contributed by atoms with Crippen LogP contribution in [0.5, 0.6) is 0 Å². The zero-order valence-corrected chi connectivity index (χ0v) is 9.27. The molecule has 0 aliphatic heterocycles. The molecule has 0 amide bonds. The lowest BCUT2D eigenvalue weighted by molar-refractivity contribution is -0.00284. The van der Waals surface area contributed by atoms with Gasteiger partial charge in [0.2, 0.25) is 0 Å². The van der Waals surface area contributed by atoms with E-state index in [0.717, 1.165) is 0 Å². The van der Waals surface area contributed by atoms with Crippen molar-refractivity contribution in [2.75, 3.05) is 13.1 Å². The fourth-order valence-electron chi connectivity index (χ4n) is 1.21. The highest BCUT2D eigenvalue weighted by Gasteiger charge is 2.30. The molecule has 1 aromatic rings. The molecule has 0 aliphatic carbocycles. The molecule has 84 valence electrons. The Morgan fingerprint density at radius 1 is 1.33 bits per heavy atom. The Bertz CT molecular complexity index is 288. The highest BCUT2D eigenvalue weighted by molar-refractivity contribution is 6.20. The van der Waals surface area contributed by atoms with Gasteiger partial charge < -0.3 is 5.32 Å². The van der Waals surface area contributed by atoms with E-state index < -0.39 is 5.92 Å². The first-order valence-corrected chi connectivity index (χ1v) is 5.24. The quantitative estimate of drug-likeness (QED) is 0.771. The second-order valence-electron chi connectivity index (χ2n) is 3.48. The maximum Gasteiger partial charge on any atom is 0.285 e. The van der Waals surface area contributed by atoms with Crippen molar-refractivity contribution < 1.29 is 8.78 Å². The molecule has 1 aromatic carbocycles. The summed E-state index contributed by atoms with van der Waals surface area (Å²) in [7, 11) is 0. The highest BCUT2D eigenvalue weighted by Crippen LogP contribution is 2.26. The third-order valence-electron chi connectivity index (χ3n) is 1.97. The molecule has 1 unspecified atom stereocenters. The van der Waals surface area contributed by atoms with Crippen LogP contribution < -0.4 is 5.32 Å². The van der Waals surface area contributed by atoms with Gasteiger partial charge in [0.15, 0.2) is 0 Å². The number of benzene rings is 1. The molecule has 1 rings (SSSR count). The van der Waals surface area contributed by atoms with Crippen molar-refractivity contribution in [3.8, 4) is 0 Å². The van der Waals surface area contributed by atoms with Crippen LogP contribution in [0.3, 0.4) is 0 Å². The smallest absolute Gasteiger partial charge is 0.285 e. The van der Waals surface area contributed by atoms with Crippen molar-refractivity contribution in [1.82, 2.24) is 5.32 Å². The van der Waals surface area contributed by atoms with Gasteiger partial charge in [0.05, 0.1) is 6.54 Å². The molecule has 1 nitrogen and oxygen atoms in total. The van der Waals surface area contributed by atoms with Gasteiger partial charge >= 0.3 is 0 Å². The third-order valence-corrected chi connectivity index (χ3v) is 2.12. The van der Waals surface area contributed by atoms with E-state index in [1.54, 1.807) is 25.1 Å². The van der Waals surface area contributed by atoms with Gasteiger partial charge in [0.25, 0.3) is 5.92 Å². The average Bonchev–Trinajstić information content (AvgIpc) is 2.18. The molecular weight excluding hydrogens is 220 g/mol. The van der Waals surface area contributed by atoms with E-state index in [1.165, 1.54) is 12.1 Å². The minimum Gasteiger partial charge on any atom is -0.309 e. The summed E-state index contributed by atoms with van der Waals surface area (Å²) in [4.78, 5) is 0. The van der Waals surface area contributed by atoms with Gasteiger partial charge in [-0.15, -0.1) is 11.6 Å². The van der Waals surface area contributed by atoms with Crippen molar-refractivity contribution in [2.45, 2.75) is 18.2 Å². The number of alkyl halides is 3. The second-order valence-corrected chi connectivity index (χ2v) is 4.23. The Hall–Kier alpha value is -0.670. The molecule has 1 atom stereocenters. The van der Waals surface area contributed by atoms with Crippen LogP contribution in [0.2, 0.25) is 0 Å². The zero-order valence-electron chi connectivity index (χ0n) is 8.51. The molecule has 0 aliphatic rings. The topological polar surface area (TPSA) is 12.0 Å². The fourth-order valence-corrected chi connectivity index (χ4v) is 1.32. The van der Waals surface area contributed by atoms with Crippen molar-refractivity contribution in [1.29, 1.82) is 0 Å². The standard InChI is InChI=1S/C11H14ClF2N/c1-9(12)7-15-8-11(13,14)10-5-3-2-4-6-10/h2-6,9,15H,7-8H2,1H3. The van der Waals surface area contributed by atoms with Gasteiger partial charge in [-0.25, -0.2) is 0 Å². The molecule has 0 saturated carbocycles. The highest BCUT2D eigenvalue weighted by atomic mass is 35.5. The van der Waals surface area contributed by atoms with E-state index in [9.17, 15) is 8.78 Å². The van der Waals surface area contributed by atoms with Crippen LogP contribution in [-0.2, 0) is 5.92 Å². The summed E-state index contributed by atoms with van der Waals surface area (Å²) >= 11 is 5.65. The lowest BCUT2D eigenvalue weighted by Gasteiger charge is -2.17. The van der Waals surface area contributed by atoms with Crippen LogP contribution >= 0.6 is 11.6 Å². The van der Waals surface area contributed by atoms with Crippen molar-refractivity contribution in [3.05, 3.63) is 35.9 Å². The van der Waals surface area contributed by atoms with E-state index in [2.05, 4.69) is 5.32 Å². The number of nitrogens with one attached hydrogen (secondary N) is 1. The van der Waals surface area contributed by atoms with Crippen molar-refractivity contribution >= 4 is 11.6 Å². The monoisotopic (exact) mass is 233 g/mol. The van der Waals surface area contributed by atoms with E-state index in [0.29, 0.717) is 6.54 Å². The molecule has 0 radical (unpaired) electrons. The van der Waals surface area contributed by atoms with Crippen LogP contribution in [0.15, 0.2) is 30.3 Å². The molecule has 0 aromatic heterocycles. The summed E-state index contributed by atoms with van der Waals surface area (Å²) in [6, 6.07) is 7.77. The molecule has 0 bridgehead atoms. The normalized spacial score (nSPS) is 13.9. The van der Waals surface area contributed by atoms with Crippen LogP contribution in [0.1, 0.15) is 12.5 Å². The Balaban J connectivity index is 2.52. The fraction of sp³-hybridized carbons (Fsp3) is 0.455. The van der Waals surface area contributed by atoms with Crippen molar-refractivity contribution in [3.63, 3.8) is 0 Å². The molecule has 0 heterocycles. The minimum absolute atomic E-state index is 0.0275. The van der Waals surface area contributed by atoms with Gasteiger partial charge in [-0.05, 0) is 6.92 Å². The summed E-state index contributed by atoms with van der Waals surface area (Å²) in [6.45, 7) is 1.76. The first kappa shape index (κ1) is 12.4. The molecular formula is C11H14ClF2N. The van der Waals surface area contributed by atoms with Gasteiger partial charge in [0.1, 0.15) is 0 Å². The third kappa shape index (κ3) is 4.14.